The number of hydrogen-bond donors (Lipinski definition) is 0. The van der Waals surface area contributed by atoms with E-state index in [9.17, 15) is 8.42 Å². The van der Waals surface area contributed by atoms with Gasteiger partial charge in [0.15, 0.2) is 5.03 Å². The summed E-state index contributed by atoms with van der Waals surface area (Å²) < 4.78 is 26.2. The Kier molecular flexibility index (Phi) is 3.45. The van der Waals surface area contributed by atoms with Crippen molar-refractivity contribution >= 4 is 19.7 Å². The number of halogens is 1. The zero-order chi connectivity index (χ0) is 13.3. The van der Waals surface area contributed by atoms with Gasteiger partial charge in [-0.2, -0.15) is 0 Å². The van der Waals surface area contributed by atoms with Gasteiger partial charge in [0, 0.05) is 36.5 Å². The molecule has 0 radical (unpaired) electrons. The maximum atomic E-state index is 11.3. The van der Waals surface area contributed by atoms with Crippen LogP contribution in [0.3, 0.4) is 0 Å². The molecular formula is C10H13ClN4O2S. The highest BCUT2D eigenvalue weighted by atomic mass is 35.7. The predicted octanol–water partition coefficient (Wildman–Crippen LogP) is 1.15. The first-order valence-corrected chi connectivity index (χ1v) is 7.68. The highest BCUT2D eigenvalue weighted by Gasteiger charge is 2.17. The van der Waals surface area contributed by atoms with Gasteiger partial charge in [0.25, 0.3) is 9.05 Å². The molecule has 2 aromatic rings. The molecule has 6 nitrogen and oxygen atoms in total. The van der Waals surface area contributed by atoms with Crippen molar-refractivity contribution in [2.45, 2.75) is 24.9 Å². The van der Waals surface area contributed by atoms with Crippen LogP contribution in [0.25, 0.3) is 0 Å². The van der Waals surface area contributed by atoms with E-state index in [0.717, 1.165) is 5.69 Å². The van der Waals surface area contributed by atoms with E-state index in [2.05, 4.69) is 9.97 Å². The van der Waals surface area contributed by atoms with Crippen LogP contribution < -0.4 is 0 Å². The van der Waals surface area contributed by atoms with Crippen LogP contribution in [0.2, 0.25) is 0 Å². The lowest BCUT2D eigenvalue weighted by molar-refractivity contribution is 0.606. The summed E-state index contributed by atoms with van der Waals surface area (Å²) in [6.07, 6.45) is 5.50. The lowest BCUT2D eigenvalue weighted by Crippen LogP contribution is -2.06. The standard InChI is InChI=1S/C10H13ClN4O2S/c1-3-9-13-10(18(11,16)17)6-15(9)5-8-4-12-7-14(8)2/h4,6-7H,3,5H2,1-2H3. The van der Waals surface area contributed by atoms with Gasteiger partial charge in [-0.15, -0.1) is 0 Å². The van der Waals surface area contributed by atoms with E-state index in [0.29, 0.717) is 18.8 Å². The van der Waals surface area contributed by atoms with Crippen molar-refractivity contribution in [2.24, 2.45) is 7.05 Å². The van der Waals surface area contributed by atoms with E-state index >= 15 is 0 Å². The molecule has 0 spiro atoms. The topological polar surface area (TPSA) is 69.8 Å². The predicted molar refractivity (Wildman–Crippen MR) is 67.0 cm³/mol. The molecule has 0 aliphatic heterocycles. The van der Waals surface area contributed by atoms with Crippen LogP contribution in [0, 0.1) is 0 Å². The van der Waals surface area contributed by atoms with Crippen LogP contribution in [-0.4, -0.2) is 27.5 Å². The fraction of sp³-hybridized carbons (Fsp3) is 0.400. The molecule has 0 amide bonds. The first kappa shape index (κ1) is 13.1. The van der Waals surface area contributed by atoms with Crippen molar-refractivity contribution in [2.75, 3.05) is 0 Å². The van der Waals surface area contributed by atoms with Gasteiger partial charge in [0.2, 0.25) is 0 Å². The van der Waals surface area contributed by atoms with Gasteiger partial charge in [0.1, 0.15) is 5.82 Å². The van der Waals surface area contributed by atoms with Gasteiger partial charge in [0.05, 0.1) is 18.6 Å². The number of aromatic nitrogens is 4. The van der Waals surface area contributed by atoms with E-state index < -0.39 is 9.05 Å². The maximum Gasteiger partial charge on any atom is 0.280 e. The average Bonchev–Trinajstić information content (AvgIpc) is 2.86. The molecule has 18 heavy (non-hydrogen) atoms. The lowest BCUT2D eigenvalue weighted by atomic mass is 10.4. The van der Waals surface area contributed by atoms with Crippen molar-refractivity contribution in [3.63, 3.8) is 0 Å². The van der Waals surface area contributed by atoms with Crippen LogP contribution in [0.4, 0.5) is 0 Å². The zero-order valence-corrected chi connectivity index (χ0v) is 11.6. The van der Waals surface area contributed by atoms with Crippen molar-refractivity contribution in [1.29, 1.82) is 0 Å². The van der Waals surface area contributed by atoms with E-state index in [1.807, 2.05) is 18.5 Å². The van der Waals surface area contributed by atoms with Crippen LogP contribution in [0.1, 0.15) is 18.4 Å². The Balaban J connectivity index is 2.39. The Morgan fingerprint density at radius 1 is 1.44 bits per heavy atom. The maximum absolute atomic E-state index is 11.3. The summed E-state index contributed by atoms with van der Waals surface area (Å²) in [5, 5.41) is -0.108. The second kappa shape index (κ2) is 4.74. The Morgan fingerprint density at radius 2 is 2.17 bits per heavy atom. The van der Waals surface area contributed by atoms with E-state index in [4.69, 9.17) is 10.7 Å². The number of nitrogens with zero attached hydrogens (tertiary/aromatic N) is 4. The molecule has 0 fully saturated rings. The molecular weight excluding hydrogens is 276 g/mol. The third-order valence-electron chi connectivity index (χ3n) is 2.65. The first-order chi connectivity index (χ1) is 8.41. The molecule has 0 aliphatic carbocycles. The summed E-state index contributed by atoms with van der Waals surface area (Å²) in [4.78, 5) is 8.04. The third-order valence-corrected chi connectivity index (χ3v) is 3.82. The van der Waals surface area contributed by atoms with Gasteiger partial charge < -0.3 is 9.13 Å². The summed E-state index contributed by atoms with van der Waals surface area (Å²) in [7, 11) is 3.39. The van der Waals surface area contributed by atoms with Crippen molar-refractivity contribution in [3.05, 3.63) is 30.2 Å². The Hall–Kier alpha value is -1.34. The third kappa shape index (κ3) is 2.56. The van der Waals surface area contributed by atoms with Crippen molar-refractivity contribution < 1.29 is 8.42 Å². The molecule has 2 aromatic heterocycles. The molecule has 0 aromatic carbocycles. The van der Waals surface area contributed by atoms with Gasteiger partial charge in [-0.25, -0.2) is 18.4 Å². The monoisotopic (exact) mass is 288 g/mol. The molecule has 0 saturated carbocycles. The number of imidazole rings is 2. The van der Waals surface area contributed by atoms with Crippen molar-refractivity contribution in [1.82, 2.24) is 19.1 Å². The van der Waals surface area contributed by atoms with Gasteiger partial charge in [-0.3, -0.25) is 0 Å². The summed E-state index contributed by atoms with van der Waals surface area (Å²) in [5.41, 5.74) is 0.959. The van der Waals surface area contributed by atoms with E-state index in [1.165, 1.54) is 6.20 Å². The van der Waals surface area contributed by atoms with E-state index in [1.54, 1.807) is 17.1 Å². The van der Waals surface area contributed by atoms with Crippen LogP contribution in [0.5, 0.6) is 0 Å². The first-order valence-electron chi connectivity index (χ1n) is 5.37. The summed E-state index contributed by atoms with van der Waals surface area (Å²) in [5.74, 6) is 0.676. The minimum Gasteiger partial charge on any atom is -0.336 e. The number of rotatable bonds is 4. The minimum atomic E-state index is -3.79. The normalized spacial score (nSPS) is 11.9. The SMILES string of the molecule is CCc1nc(S(=O)(=O)Cl)cn1Cc1cncn1C. The van der Waals surface area contributed by atoms with Crippen molar-refractivity contribution in [3.8, 4) is 0 Å². The Morgan fingerprint density at radius 3 is 2.67 bits per heavy atom. The van der Waals surface area contributed by atoms with Crippen LogP contribution in [-0.2, 0) is 29.1 Å². The summed E-state index contributed by atoms with van der Waals surface area (Å²) in [6, 6.07) is 0. The second-order valence-corrected chi connectivity index (χ2v) is 6.42. The molecule has 8 heteroatoms. The highest BCUT2D eigenvalue weighted by molar-refractivity contribution is 8.13. The van der Waals surface area contributed by atoms with Gasteiger partial charge in [-0.1, -0.05) is 6.92 Å². The zero-order valence-electron chi connectivity index (χ0n) is 10.0. The molecule has 2 heterocycles. The fourth-order valence-corrected chi connectivity index (χ4v) is 2.37. The van der Waals surface area contributed by atoms with Crippen LogP contribution in [0.15, 0.2) is 23.7 Å². The van der Waals surface area contributed by atoms with E-state index in [-0.39, 0.29) is 5.03 Å². The summed E-state index contributed by atoms with van der Waals surface area (Å²) >= 11 is 0. The Bertz CT molecular complexity index is 659. The summed E-state index contributed by atoms with van der Waals surface area (Å²) in [6.45, 7) is 2.42. The Labute approximate surface area is 110 Å². The average molecular weight is 289 g/mol. The highest BCUT2D eigenvalue weighted by Crippen LogP contribution is 2.16. The number of hydrogen-bond acceptors (Lipinski definition) is 4. The molecule has 0 unspecified atom stereocenters. The molecule has 0 bridgehead atoms. The smallest absolute Gasteiger partial charge is 0.280 e. The molecule has 0 saturated heterocycles. The van der Waals surface area contributed by atoms with Gasteiger partial charge in [-0.05, 0) is 0 Å². The fourth-order valence-electron chi connectivity index (χ4n) is 1.68. The quantitative estimate of drug-likeness (QED) is 0.792. The molecule has 0 atom stereocenters. The lowest BCUT2D eigenvalue weighted by Gasteiger charge is -2.06. The number of aryl methyl sites for hydroxylation is 2. The minimum absolute atomic E-state index is 0.108. The largest absolute Gasteiger partial charge is 0.336 e. The molecule has 0 aliphatic rings. The van der Waals surface area contributed by atoms with Gasteiger partial charge >= 0.3 is 0 Å². The molecule has 0 N–H and O–H groups in total. The molecule has 2 rings (SSSR count). The van der Waals surface area contributed by atoms with Crippen LogP contribution >= 0.6 is 10.7 Å². The second-order valence-electron chi connectivity index (χ2n) is 3.91. The molecule has 98 valence electrons.